The molecule has 0 fully saturated rings. The number of para-hydroxylation sites is 1. The fraction of sp³-hybridized carbons (Fsp3) is 0.143. The number of methoxy groups -OCH3 is 1. The monoisotopic (exact) mass is 349 g/mol. The molecule has 0 radical (unpaired) electrons. The van der Waals surface area contributed by atoms with Crippen molar-refractivity contribution >= 4 is 28.3 Å². The smallest absolute Gasteiger partial charge is 0.339 e. The van der Waals surface area contributed by atoms with E-state index in [2.05, 4.69) is 5.32 Å². The predicted molar refractivity (Wildman–Crippen MR) is 100 cm³/mol. The molecule has 0 aromatic heterocycles. The molecular weight excluding hydrogens is 330 g/mol. The predicted octanol–water partition coefficient (Wildman–Crippen LogP) is 4.03. The van der Waals surface area contributed by atoms with Crippen molar-refractivity contribution in [1.82, 2.24) is 0 Å². The number of amides is 1. The van der Waals surface area contributed by atoms with Gasteiger partial charge in [-0.3, -0.25) is 4.79 Å². The summed E-state index contributed by atoms with van der Waals surface area (Å²) in [6.45, 7) is 1.66. The highest BCUT2D eigenvalue weighted by molar-refractivity contribution is 6.02. The fourth-order valence-electron chi connectivity index (χ4n) is 2.61. The molecule has 5 nitrogen and oxygen atoms in total. The second-order valence-electron chi connectivity index (χ2n) is 5.80. The Morgan fingerprint density at radius 1 is 0.923 bits per heavy atom. The second-order valence-corrected chi connectivity index (χ2v) is 5.80. The van der Waals surface area contributed by atoms with Gasteiger partial charge in [-0.2, -0.15) is 0 Å². The van der Waals surface area contributed by atoms with E-state index in [0.717, 1.165) is 10.8 Å². The van der Waals surface area contributed by atoms with Crippen LogP contribution in [-0.4, -0.2) is 25.1 Å². The van der Waals surface area contributed by atoms with E-state index in [9.17, 15) is 9.59 Å². The molecule has 0 heterocycles. The van der Waals surface area contributed by atoms with Crippen LogP contribution >= 0.6 is 0 Å². The van der Waals surface area contributed by atoms with Crippen LogP contribution in [0, 0.1) is 0 Å². The highest BCUT2D eigenvalue weighted by atomic mass is 16.5. The van der Waals surface area contributed by atoms with Crippen LogP contribution in [0.3, 0.4) is 0 Å². The molecule has 0 bridgehead atoms. The van der Waals surface area contributed by atoms with E-state index in [1.165, 1.54) is 7.11 Å². The van der Waals surface area contributed by atoms with Gasteiger partial charge in [0.25, 0.3) is 5.91 Å². The van der Waals surface area contributed by atoms with Crippen molar-refractivity contribution in [3.63, 3.8) is 0 Å². The van der Waals surface area contributed by atoms with Crippen LogP contribution in [0.1, 0.15) is 17.3 Å². The molecule has 3 aromatic carbocycles. The molecule has 26 heavy (non-hydrogen) atoms. The first kappa shape index (κ1) is 17.5. The van der Waals surface area contributed by atoms with Gasteiger partial charge < -0.3 is 14.8 Å². The van der Waals surface area contributed by atoms with Crippen molar-refractivity contribution in [3.8, 4) is 5.75 Å². The van der Waals surface area contributed by atoms with E-state index in [1.807, 2.05) is 42.5 Å². The van der Waals surface area contributed by atoms with Gasteiger partial charge in [0.15, 0.2) is 6.10 Å². The standard InChI is InChI=1S/C21H19NO4/c1-14(26-17-12-11-15-7-3-4-8-16(15)13-17)20(23)22-19-10-6-5-9-18(19)21(24)25-2/h3-14H,1-2H3,(H,22,23). The van der Waals surface area contributed by atoms with Crippen LogP contribution < -0.4 is 10.1 Å². The summed E-state index contributed by atoms with van der Waals surface area (Å²) in [6.07, 6.45) is -0.734. The quantitative estimate of drug-likeness (QED) is 0.706. The third kappa shape index (κ3) is 3.83. The lowest BCUT2D eigenvalue weighted by Gasteiger charge is -2.16. The molecule has 5 heteroatoms. The van der Waals surface area contributed by atoms with Crippen LogP contribution in [0.2, 0.25) is 0 Å². The zero-order valence-corrected chi connectivity index (χ0v) is 14.6. The number of hydrogen-bond donors (Lipinski definition) is 1. The normalized spacial score (nSPS) is 11.6. The molecule has 0 aliphatic rings. The van der Waals surface area contributed by atoms with Crippen molar-refractivity contribution in [3.05, 3.63) is 72.3 Å². The molecule has 1 atom stereocenters. The van der Waals surface area contributed by atoms with Crippen LogP contribution in [-0.2, 0) is 9.53 Å². The summed E-state index contributed by atoms with van der Waals surface area (Å²) in [7, 11) is 1.30. The number of hydrogen-bond acceptors (Lipinski definition) is 4. The van der Waals surface area contributed by atoms with Crippen LogP contribution in [0.25, 0.3) is 10.8 Å². The highest BCUT2D eigenvalue weighted by Gasteiger charge is 2.18. The summed E-state index contributed by atoms with van der Waals surface area (Å²) in [5, 5.41) is 4.85. The maximum atomic E-state index is 12.5. The molecule has 3 rings (SSSR count). The lowest BCUT2D eigenvalue weighted by Crippen LogP contribution is -2.30. The largest absolute Gasteiger partial charge is 0.481 e. The van der Waals surface area contributed by atoms with Crippen LogP contribution in [0.5, 0.6) is 5.75 Å². The molecule has 0 aliphatic carbocycles. The number of ether oxygens (including phenoxy) is 2. The van der Waals surface area contributed by atoms with Crippen LogP contribution in [0.15, 0.2) is 66.7 Å². The fourth-order valence-corrected chi connectivity index (χ4v) is 2.61. The molecular formula is C21H19NO4. The van der Waals surface area contributed by atoms with Crippen molar-refractivity contribution in [2.24, 2.45) is 0 Å². The summed E-state index contributed by atoms with van der Waals surface area (Å²) in [5.74, 6) is -0.258. The minimum atomic E-state index is -0.734. The lowest BCUT2D eigenvalue weighted by molar-refractivity contribution is -0.122. The Kier molecular flexibility index (Phi) is 5.17. The Balaban J connectivity index is 1.72. The molecule has 1 unspecified atom stereocenters. The molecule has 0 aliphatic heterocycles. The summed E-state index contributed by atoms with van der Waals surface area (Å²) in [5.41, 5.74) is 0.680. The Bertz CT molecular complexity index is 951. The van der Waals surface area contributed by atoms with Gasteiger partial charge >= 0.3 is 5.97 Å². The Hall–Kier alpha value is -3.34. The van der Waals surface area contributed by atoms with Crippen LogP contribution in [0.4, 0.5) is 5.69 Å². The Morgan fingerprint density at radius 3 is 2.38 bits per heavy atom. The van der Waals surface area contributed by atoms with E-state index in [0.29, 0.717) is 17.0 Å². The molecule has 1 N–H and O–H groups in total. The maximum Gasteiger partial charge on any atom is 0.339 e. The van der Waals surface area contributed by atoms with Gasteiger partial charge in [-0.1, -0.05) is 42.5 Å². The Labute approximate surface area is 151 Å². The molecule has 0 spiro atoms. The number of benzene rings is 3. The van der Waals surface area contributed by atoms with Crippen molar-refractivity contribution in [2.45, 2.75) is 13.0 Å². The average Bonchev–Trinajstić information content (AvgIpc) is 2.67. The number of esters is 1. The number of anilines is 1. The first-order valence-electron chi connectivity index (χ1n) is 8.22. The van der Waals surface area contributed by atoms with E-state index in [1.54, 1.807) is 31.2 Å². The zero-order chi connectivity index (χ0) is 18.5. The minimum Gasteiger partial charge on any atom is -0.481 e. The van der Waals surface area contributed by atoms with Crippen molar-refractivity contribution in [1.29, 1.82) is 0 Å². The summed E-state index contributed by atoms with van der Waals surface area (Å²) in [4.78, 5) is 24.3. The van der Waals surface area contributed by atoms with E-state index < -0.39 is 12.1 Å². The van der Waals surface area contributed by atoms with Gasteiger partial charge in [0.05, 0.1) is 18.4 Å². The first-order chi connectivity index (χ1) is 12.6. The van der Waals surface area contributed by atoms with E-state index in [-0.39, 0.29) is 5.91 Å². The van der Waals surface area contributed by atoms with Gasteiger partial charge in [0, 0.05) is 0 Å². The molecule has 0 saturated heterocycles. The summed E-state index contributed by atoms with van der Waals surface area (Å²) >= 11 is 0. The second kappa shape index (κ2) is 7.70. The van der Waals surface area contributed by atoms with Gasteiger partial charge in [-0.25, -0.2) is 4.79 Å². The molecule has 132 valence electrons. The highest BCUT2D eigenvalue weighted by Crippen LogP contribution is 2.22. The maximum absolute atomic E-state index is 12.5. The third-order valence-electron chi connectivity index (χ3n) is 3.99. The summed E-state index contributed by atoms with van der Waals surface area (Å²) < 4.78 is 10.5. The molecule has 3 aromatic rings. The number of nitrogens with one attached hydrogen (secondary N) is 1. The Morgan fingerprint density at radius 2 is 1.62 bits per heavy atom. The SMILES string of the molecule is COC(=O)c1ccccc1NC(=O)C(C)Oc1ccc2ccccc2c1. The topological polar surface area (TPSA) is 64.6 Å². The van der Waals surface area contributed by atoms with E-state index in [4.69, 9.17) is 9.47 Å². The number of rotatable bonds is 5. The number of carbonyl (C=O) groups is 2. The molecule has 1 amide bonds. The van der Waals surface area contributed by atoms with Crippen molar-refractivity contribution < 1.29 is 19.1 Å². The molecule has 0 saturated carbocycles. The van der Waals surface area contributed by atoms with E-state index >= 15 is 0 Å². The third-order valence-corrected chi connectivity index (χ3v) is 3.99. The van der Waals surface area contributed by atoms with Gasteiger partial charge in [0.2, 0.25) is 0 Å². The number of fused-ring (bicyclic) bond motifs is 1. The summed E-state index contributed by atoms with van der Waals surface area (Å²) in [6, 6.07) is 20.3. The van der Waals surface area contributed by atoms with Gasteiger partial charge in [0.1, 0.15) is 5.75 Å². The first-order valence-corrected chi connectivity index (χ1v) is 8.22. The van der Waals surface area contributed by atoms with Crippen molar-refractivity contribution in [2.75, 3.05) is 12.4 Å². The van der Waals surface area contributed by atoms with Gasteiger partial charge in [-0.05, 0) is 42.0 Å². The average molecular weight is 349 g/mol. The number of carbonyl (C=O) groups excluding carboxylic acids is 2. The zero-order valence-electron chi connectivity index (χ0n) is 14.6. The van der Waals surface area contributed by atoms with Gasteiger partial charge in [-0.15, -0.1) is 0 Å². The lowest BCUT2D eigenvalue weighted by atomic mass is 10.1. The minimum absolute atomic E-state index is 0.293.